The number of rotatable bonds is 5. The van der Waals surface area contributed by atoms with E-state index < -0.39 is 10.0 Å². The lowest BCUT2D eigenvalue weighted by Crippen LogP contribution is -2.40. The molecule has 2 aromatic carbocycles. The third-order valence-electron chi connectivity index (χ3n) is 4.63. The SMILES string of the molecule is CC(=O)Nc1nc2ccc(-c3cccc(S(=O)(=O)NC4CCCOC4)c3)cc2s1. The van der Waals surface area contributed by atoms with Crippen molar-refractivity contribution in [3.05, 3.63) is 42.5 Å². The Bertz CT molecular complexity index is 1150. The third-order valence-corrected chi connectivity index (χ3v) is 7.08. The van der Waals surface area contributed by atoms with Gasteiger partial charge >= 0.3 is 0 Å². The van der Waals surface area contributed by atoms with Gasteiger partial charge in [-0.2, -0.15) is 0 Å². The second kappa shape index (κ2) is 8.19. The standard InChI is InChI=1S/C20H21N3O4S2/c1-13(24)21-20-22-18-8-7-15(11-19(18)28-20)14-4-2-6-17(10-14)29(25,26)23-16-5-3-9-27-12-16/h2,4,6-8,10-11,16,23H,3,5,9,12H2,1H3,(H,21,22,24). The van der Waals surface area contributed by atoms with Gasteiger partial charge in [-0.05, 0) is 48.2 Å². The van der Waals surface area contributed by atoms with E-state index in [2.05, 4.69) is 15.0 Å². The molecule has 1 aliphatic heterocycles. The average molecular weight is 432 g/mol. The fourth-order valence-electron chi connectivity index (χ4n) is 3.27. The summed E-state index contributed by atoms with van der Waals surface area (Å²) in [5, 5.41) is 3.23. The summed E-state index contributed by atoms with van der Waals surface area (Å²) in [5.41, 5.74) is 2.46. The molecule has 0 spiro atoms. The van der Waals surface area contributed by atoms with E-state index in [0.717, 1.165) is 34.2 Å². The van der Waals surface area contributed by atoms with E-state index in [9.17, 15) is 13.2 Å². The largest absolute Gasteiger partial charge is 0.380 e. The molecular formula is C20H21N3O4S2. The highest BCUT2D eigenvalue weighted by Crippen LogP contribution is 2.31. The maximum absolute atomic E-state index is 12.8. The summed E-state index contributed by atoms with van der Waals surface area (Å²) < 4.78 is 34.6. The maximum atomic E-state index is 12.8. The molecule has 2 N–H and O–H groups in total. The first-order valence-electron chi connectivity index (χ1n) is 9.29. The number of sulfonamides is 1. The van der Waals surface area contributed by atoms with Crippen molar-refractivity contribution in [2.75, 3.05) is 18.5 Å². The van der Waals surface area contributed by atoms with Gasteiger partial charge in [0.1, 0.15) is 0 Å². The monoisotopic (exact) mass is 431 g/mol. The van der Waals surface area contributed by atoms with Crippen molar-refractivity contribution in [3.8, 4) is 11.1 Å². The Labute approximate surface area is 173 Å². The first-order valence-corrected chi connectivity index (χ1v) is 11.6. The Hall–Kier alpha value is -2.33. The van der Waals surface area contributed by atoms with E-state index in [4.69, 9.17) is 4.74 Å². The number of benzene rings is 2. The van der Waals surface area contributed by atoms with Gasteiger partial charge in [0.15, 0.2) is 5.13 Å². The minimum Gasteiger partial charge on any atom is -0.380 e. The zero-order valence-corrected chi connectivity index (χ0v) is 17.5. The van der Waals surface area contributed by atoms with E-state index >= 15 is 0 Å². The van der Waals surface area contributed by atoms with Crippen LogP contribution >= 0.6 is 11.3 Å². The predicted molar refractivity (Wildman–Crippen MR) is 114 cm³/mol. The van der Waals surface area contributed by atoms with Gasteiger partial charge < -0.3 is 10.1 Å². The summed E-state index contributed by atoms with van der Waals surface area (Å²) in [7, 11) is -3.63. The number of carbonyl (C=O) groups excluding carboxylic acids is 1. The molecule has 3 aromatic rings. The van der Waals surface area contributed by atoms with Crippen LogP contribution in [-0.2, 0) is 19.6 Å². The summed E-state index contributed by atoms with van der Waals surface area (Å²) in [6.07, 6.45) is 1.63. The molecule has 7 nitrogen and oxygen atoms in total. The van der Waals surface area contributed by atoms with E-state index in [1.165, 1.54) is 18.3 Å². The second-order valence-corrected chi connectivity index (χ2v) is 9.69. The van der Waals surface area contributed by atoms with Crippen LogP contribution in [0.1, 0.15) is 19.8 Å². The van der Waals surface area contributed by atoms with E-state index in [0.29, 0.717) is 18.3 Å². The summed E-state index contributed by atoms with van der Waals surface area (Å²) in [6.45, 7) is 2.52. The number of hydrogen-bond acceptors (Lipinski definition) is 6. The van der Waals surface area contributed by atoms with Gasteiger partial charge in [-0.15, -0.1) is 0 Å². The average Bonchev–Trinajstić information content (AvgIpc) is 3.09. The van der Waals surface area contributed by atoms with Crippen LogP contribution in [-0.4, -0.2) is 38.6 Å². The third kappa shape index (κ3) is 4.64. The zero-order chi connectivity index (χ0) is 20.4. The van der Waals surface area contributed by atoms with Crippen LogP contribution in [0.25, 0.3) is 21.3 Å². The van der Waals surface area contributed by atoms with Crippen molar-refractivity contribution in [2.45, 2.75) is 30.7 Å². The highest BCUT2D eigenvalue weighted by Gasteiger charge is 2.22. The predicted octanol–water partition coefficient (Wildman–Crippen LogP) is 3.38. The molecule has 1 saturated heterocycles. The van der Waals surface area contributed by atoms with Crippen molar-refractivity contribution in [1.82, 2.24) is 9.71 Å². The van der Waals surface area contributed by atoms with Crippen LogP contribution in [0.4, 0.5) is 5.13 Å². The van der Waals surface area contributed by atoms with Crippen LogP contribution in [0.3, 0.4) is 0 Å². The summed E-state index contributed by atoms with van der Waals surface area (Å²) in [4.78, 5) is 15.8. The van der Waals surface area contributed by atoms with Crippen LogP contribution in [0, 0.1) is 0 Å². The van der Waals surface area contributed by atoms with Crippen molar-refractivity contribution < 1.29 is 17.9 Å². The molecule has 152 valence electrons. The molecule has 1 fully saturated rings. The first-order chi connectivity index (χ1) is 13.9. The quantitative estimate of drug-likeness (QED) is 0.645. The normalized spacial score (nSPS) is 17.3. The Morgan fingerprint density at radius 1 is 1.21 bits per heavy atom. The smallest absolute Gasteiger partial charge is 0.240 e. The molecule has 29 heavy (non-hydrogen) atoms. The molecule has 0 aliphatic carbocycles. The maximum Gasteiger partial charge on any atom is 0.240 e. The highest BCUT2D eigenvalue weighted by molar-refractivity contribution is 7.89. The molecule has 0 bridgehead atoms. The second-order valence-electron chi connectivity index (χ2n) is 6.95. The zero-order valence-electron chi connectivity index (χ0n) is 15.8. The summed E-state index contributed by atoms with van der Waals surface area (Å²) in [5.74, 6) is -0.168. The van der Waals surface area contributed by atoms with Crippen LogP contribution in [0.2, 0.25) is 0 Å². The number of hydrogen-bond donors (Lipinski definition) is 2. The van der Waals surface area contributed by atoms with Crippen LogP contribution in [0.15, 0.2) is 47.4 Å². The van der Waals surface area contributed by atoms with Gasteiger partial charge in [-0.3, -0.25) is 4.79 Å². The molecule has 1 amide bonds. The van der Waals surface area contributed by atoms with Crippen molar-refractivity contribution >= 4 is 42.6 Å². The van der Waals surface area contributed by atoms with E-state index in [-0.39, 0.29) is 16.8 Å². The minimum absolute atomic E-state index is 0.168. The van der Waals surface area contributed by atoms with Crippen LogP contribution < -0.4 is 10.0 Å². The molecule has 4 rings (SSSR count). The van der Waals surface area contributed by atoms with Gasteiger partial charge in [0.05, 0.1) is 21.7 Å². The lowest BCUT2D eigenvalue weighted by Gasteiger charge is -2.23. The van der Waals surface area contributed by atoms with Crippen molar-refractivity contribution in [1.29, 1.82) is 0 Å². The number of ether oxygens (including phenoxy) is 1. The number of thiazole rings is 1. The van der Waals surface area contributed by atoms with Crippen molar-refractivity contribution in [2.24, 2.45) is 0 Å². The molecule has 1 unspecified atom stereocenters. The Morgan fingerprint density at radius 2 is 2.03 bits per heavy atom. The fraction of sp³-hybridized carbons (Fsp3) is 0.300. The fourth-order valence-corrected chi connectivity index (χ4v) is 5.52. The van der Waals surface area contributed by atoms with E-state index in [1.54, 1.807) is 18.2 Å². The summed E-state index contributed by atoms with van der Waals surface area (Å²) in [6, 6.07) is 12.4. The number of aromatic nitrogens is 1. The van der Waals surface area contributed by atoms with Gasteiger partial charge in [0.2, 0.25) is 15.9 Å². The molecule has 1 aromatic heterocycles. The van der Waals surface area contributed by atoms with Gasteiger partial charge in [-0.1, -0.05) is 29.5 Å². The van der Waals surface area contributed by atoms with E-state index in [1.807, 2.05) is 24.3 Å². The number of fused-ring (bicyclic) bond motifs is 1. The molecule has 2 heterocycles. The number of amides is 1. The number of anilines is 1. The Balaban J connectivity index is 1.61. The lowest BCUT2D eigenvalue weighted by molar-refractivity contribution is -0.114. The highest BCUT2D eigenvalue weighted by atomic mass is 32.2. The number of carbonyl (C=O) groups is 1. The Morgan fingerprint density at radius 3 is 2.79 bits per heavy atom. The first kappa shape index (κ1) is 20.0. The molecule has 1 atom stereocenters. The Kier molecular flexibility index (Phi) is 5.64. The minimum atomic E-state index is -3.63. The van der Waals surface area contributed by atoms with Crippen LogP contribution in [0.5, 0.6) is 0 Å². The topological polar surface area (TPSA) is 97.4 Å². The molecule has 0 saturated carbocycles. The lowest BCUT2D eigenvalue weighted by atomic mass is 10.1. The van der Waals surface area contributed by atoms with Gasteiger partial charge in [0, 0.05) is 19.6 Å². The van der Waals surface area contributed by atoms with Gasteiger partial charge in [-0.25, -0.2) is 18.1 Å². The molecular weight excluding hydrogens is 410 g/mol. The molecule has 0 radical (unpaired) electrons. The summed E-state index contributed by atoms with van der Waals surface area (Å²) >= 11 is 1.38. The molecule has 1 aliphatic rings. The van der Waals surface area contributed by atoms with Crippen molar-refractivity contribution in [3.63, 3.8) is 0 Å². The number of nitrogens with one attached hydrogen (secondary N) is 2. The molecule has 9 heteroatoms. The number of nitrogens with zero attached hydrogens (tertiary/aromatic N) is 1. The van der Waals surface area contributed by atoms with Gasteiger partial charge in [0.25, 0.3) is 0 Å².